The van der Waals surface area contributed by atoms with Gasteiger partial charge in [-0.2, -0.15) is 0 Å². The van der Waals surface area contributed by atoms with Gasteiger partial charge in [0.05, 0.1) is 12.1 Å². The molecule has 1 aliphatic heterocycles. The normalized spacial score (nSPS) is 16.0. The minimum Gasteiger partial charge on any atom is -0.449 e. The molecule has 156 valence electrons. The maximum atomic E-state index is 14.3. The summed E-state index contributed by atoms with van der Waals surface area (Å²) in [6.45, 7) is 0.400. The molecular formula is C21H18F3N3O3. The number of halogens is 3. The highest BCUT2D eigenvalue weighted by Gasteiger charge is 2.26. The fourth-order valence-corrected chi connectivity index (χ4v) is 3.56. The molecular weight excluding hydrogens is 399 g/mol. The van der Waals surface area contributed by atoms with E-state index in [1.165, 1.54) is 30.3 Å². The number of carbonyl (C=O) groups excluding carboxylic acids is 2. The summed E-state index contributed by atoms with van der Waals surface area (Å²) >= 11 is 0. The van der Waals surface area contributed by atoms with E-state index in [4.69, 9.17) is 4.74 Å². The Labute approximate surface area is 169 Å². The van der Waals surface area contributed by atoms with Crippen LogP contribution in [-0.4, -0.2) is 36.2 Å². The van der Waals surface area contributed by atoms with Crippen molar-refractivity contribution in [2.75, 3.05) is 13.2 Å². The molecule has 1 aliphatic rings. The van der Waals surface area contributed by atoms with E-state index >= 15 is 0 Å². The Hall–Kier alpha value is -3.49. The highest BCUT2D eigenvalue weighted by Crippen LogP contribution is 2.33. The highest BCUT2D eigenvalue weighted by atomic mass is 19.1. The van der Waals surface area contributed by atoms with Crippen LogP contribution in [0, 0.1) is 17.5 Å². The Kier molecular flexibility index (Phi) is 5.35. The van der Waals surface area contributed by atoms with Gasteiger partial charge in [0.2, 0.25) is 5.91 Å². The minimum absolute atomic E-state index is 0.0839. The van der Waals surface area contributed by atoms with E-state index in [2.05, 4.69) is 15.6 Å². The fourth-order valence-electron chi connectivity index (χ4n) is 3.56. The van der Waals surface area contributed by atoms with Crippen molar-refractivity contribution in [3.05, 3.63) is 59.4 Å². The summed E-state index contributed by atoms with van der Waals surface area (Å²) in [5, 5.41) is 5.39. The molecule has 0 saturated carbocycles. The van der Waals surface area contributed by atoms with Gasteiger partial charge in [-0.3, -0.25) is 4.79 Å². The number of carbonyl (C=O) groups is 2. The SMILES string of the molecule is O=C(N[C@H]1CCNC1=O)OCCc1c(-c2ccc(F)cc2)[nH]c2c(F)cc(F)cc12. The van der Waals surface area contributed by atoms with Gasteiger partial charge in [0, 0.05) is 30.1 Å². The van der Waals surface area contributed by atoms with Crippen molar-refractivity contribution in [1.29, 1.82) is 0 Å². The van der Waals surface area contributed by atoms with Crippen molar-refractivity contribution < 1.29 is 27.5 Å². The molecule has 2 aromatic carbocycles. The summed E-state index contributed by atoms with van der Waals surface area (Å²) in [7, 11) is 0. The number of aromatic amines is 1. The molecule has 0 spiro atoms. The van der Waals surface area contributed by atoms with Crippen LogP contribution in [0.4, 0.5) is 18.0 Å². The number of hydrogen-bond acceptors (Lipinski definition) is 3. The van der Waals surface area contributed by atoms with Gasteiger partial charge in [0.1, 0.15) is 23.5 Å². The number of ether oxygens (including phenoxy) is 1. The highest BCUT2D eigenvalue weighted by molar-refractivity contribution is 5.91. The van der Waals surface area contributed by atoms with Crippen LogP contribution in [0.25, 0.3) is 22.2 Å². The van der Waals surface area contributed by atoms with E-state index in [9.17, 15) is 22.8 Å². The van der Waals surface area contributed by atoms with Crippen LogP contribution < -0.4 is 10.6 Å². The molecule has 0 bridgehead atoms. The maximum absolute atomic E-state index is 14.3. The van der Waals surface area contributed by atoms with Gasteiger partial charge in [-0.15, -0.1) is 0 Å². The number of hydrogen-bond donors (Lipinski definition) is 3. The smallest absolute Gasteiger partial charge is 0.407 e. The Morgan fingerprint density at radius 3 is 2.60 bits per heavy atom. The van der Waals surface area contributed by atoms with E-state index in [1.54, 1.807) is 0 Å². The zero-order chi connectivity index (χ0) is 21.3. The molecule has 1 aromatic heterocycles. The van der Waals surface area contributed by atoms with Crippen molar-refractivity contribution >= 4 is 22.9 Å². The van der Waals surface area contributed by atoms with Gasteiger partial charge in [0.15, 0.2) is 0 Å². The van der Waals surface area contributed by atoms with Crippen molar-refractivity contribution in [1.82, 2.24) is 15.6 Å². The topological polar surface area (TPSA) is 83.2 Å². The standard InChI is InChI=1S/C21H18F3N3O3/c22-12-3-1-11(2-4-12)18-14(15-9-13(23)10-16(24)19(15)27-18)6-8-30-21(29)26-17-5-7-25-20(17)28/h1-4,9-10,17,27H,5-8H2,(H,25,28)(H,26,29)/t17-/m0/s1. The second-order valence-corrected chi connectivity index (χ2v) is 6.96. The molecule has 0 unspecified atom stereocenters. The van der Waals surface area contributed by atoms with Gasteiger partial charge >= 0.3 is 6.09 Å². The Balaban J connectivity index is 1.57. The van der Waals surface area contributed by atoms with Gasteiger partial charge in [-0.05, 0) is 47.9 Å². The Bertz CT molecular complexity index is 1110. The summed E-state index contributed by atoms with van der Waals surface area (Å²) in [4.78, 5) is 26.4. The van der Waals surface area contributed by atoms with Gasteiger partial charge in [-0.25, -0.2) is 18.0 Å². The molecule has 0 radical (unpaired) electrons. The molecule has 4 rings (SSSR count). The molecule has 2 heterocycles. The van der Waals surface area contributed by atoms with E-state index < -0.39 is 29.6 Å². The molecule has 1 atom stereocenters. The lowest BCUT2D eigenvalue weighted by Gasteiger charge is -2.11. The number of benzene rings is 2. The molecule has 3 N–H and O–H groups in total. The Morgan fingerprint density at radius 1 is 1.13 bits per heavy atom. The van der Waals surface area contributed by atoms with Gasteiger partial charge in [-0.1, -0.05) is 0 Å². The van der Waals surface area contributed by atoms with Gasteiger partial charge < -0.3 is 20.4 Å². The Morgan fingerprint density at radius 2 is 1.90 bits per heavy atom. The van der Waals surface area contributed by atoms with Gasteiger partial charge in [0.25, 0.3) is 0 Å². The molecule has 1 saturated heterocycles. The van der Waals surface area contributed by atoms with E-state index in [1.807, 2.05) is 0 Å². The molecule has 1 fully saturated rings. The van der Waals surface area contributed by atoms with Crippen LogP contribution in [0.1, 0.15) is 12.0 Å². The molecule has 3 aromatic rings. The van der Waals surface area contributed by atoms with Crippen LogP contribution >= 0.6 is 0 Å². The van der Waals surface area contributed by atoms with Crippen LogP contribution in [0.3, 0.4) is 0 Å². The zero-order valence-corrected chi connectivity index (χ0v) is 15.7. The average Bonchev–Trinajstić information content (AvgIpc) is 3.26. The number of aromatic nitrogens is 1. The van der Waals surface area contributed by atoms with Crippen LogP contribution in [0.5, 0.6) is 0 Å². The third kappa shape index (κ3) is 3.96. The van der Waals surface area contributed by atoms with Crippen molar-refractivity contribution in [2.45, 2.75) is 18.9 Å². The summed E-state index contributed by atoms with van der Waals surface area (Å²) in [5.74, 6) is -2.19. The largest absolute Gasteiger partial charge is 0.449 e. The maximum Gasteiger partial charge on any atom is 0.407 e. The fraction of sp³-hybridized carbons (Fsp3) is 0.238. The van der Waals surface area contributed by atoms with Crippen molar-refractivity contribution in [3.63, 3.8) is 0 Å². The van der Waals surface area contributed by atoms with E-state index in [-0.39, 0.29) is 24.5 Å². The third-order valence-electron chi connectivity index (χ3n) is 4.99. The second-order valence-electron chi connectivity index (χ2n) is 6.96. The molecule has 6 nitrogen and oxygen atoms in total. The third-order valence-corrected chi connectivity index (χ3v) is 4.99. The number of H-pyrrole nitrogens is 1. The predicted octanol–water partition coefficient (Wildman–Crippen LogP) is 3.41. The summed E-state index contributed by atoms with van der Waals surface area (Å²) < 4.78 is 46.5. The number of amides is 2. The lowest BCUT2D eigenvalue weighted by atomic mass is 10.0. The number of fused-ring (bicyclic) bond motifs is 1. The van der Waals surface area contributed by atoms with Crippen molar-refractivity contribution in [2.24, 2.45) is 0 Å². The lowest BCUT2D eigenvalue weighted by molar-refractivity contribution is -0.120. The molecule has 30 heavy (non-hydrogen) atoms. The number of alkyl carbamates (subject to hydrolysis) is 1. The zero-order valence-electron chi connectivity index (χ0n) is 15.7. The quantitative estimate of drug-likeness (QED) is 0.595. The molecule has 0 aliphatic carbocycles. The van der Waals surface area contributed by atoms with Crippen molar-refractivity contribution in [3.8, 4) is 11.3 Å². The van der Waals surface area contributed by atoms with E-state index in [0.717, 1.165) is 6.07 Å². The summed E-state index contributed by atoms with van der Waals surface area (Å²) in [6, 6.07) is 6.89. The van der Waals surface area contributed by atoms with E-state index in [0.29, 0.717) is 35.2 Å². The van der Waals surface area contributed by atoms with Crippen LogP contribution in [0.15, 0.2) is 36.4 Å². The number of nitrogens with one attached hydrogen (secondary N) is 3. The lowest BCUT2D eigenvalue weighted by Crippen LogP contribution is -2.40. The molecule has 2 amide bonds. The monoisotopic (exact) mass is 417 g/mol. The van der Waals surface area contributed by atoms with Crippen LogP contribution in [0.2, 0.25) is 0 Å². The average molecular weight is 417 g/mol. The summed E-state index contributed by atoms with van der Waals surface area (Å²) in [5.41, 5.74) is 1.70. The predicted molar refractivity (Wildman–Crippen MR) is 103 cm³/mol. The first kappa shape index (κ1) is 19.8. The second kappa shape index (κ2) is 8.10. The number of rotatable bonds is 5. The minimum atomic E-state index is -0.759. The summed E-state index contributed by atoms with van der Waals surface area (Å²) in [6.07, 6.45) is -0.124. The van der Waals surface area contributed by atoms with Crippen LogP contribution in [-0.2, 0) is 16.0 Å². The first-order valence-corrected chi connectivity index (χ1v) is 9.39. The first-order chi connectivity index (χ1) is 14.4. The molecule has 9 heteroatoms. The first-order valence-electron chi connectivity index (χ1n) is 9.39.